The van der Waals surface area contributed by atoms with Crippen LogP contribution >= 0.6 is 0 Å². The number of anilines is 1. The van der Waals surface area contributed by atoms with Crippen LogP contribution in [0, 0.1) is 0 Å². The van der Waals surface area contributed by atoms with Crippen LogP contribution in [0.5, 0.6) is 0 Å². The van der Waals surface area contributed by atoms with Crippen LogP contribution in [0.4, 0.5) is 5.69 Å². The van der Waals surface area contributed by atoms with Crippen LogP contribution in [0.25, 0.3) is 10.8 Å². The molecule has 0 aliphatic rings. The van der Waals surface area contributed by atoms with Crippen molar-refractivity contribution in [3.63, 3.8) is 0 Å². The molecule has 0 heterocycles. The molecule has 3 rings (SSSR count). The minimum absolute atomic E-state index is 1.25. The van der Waals surface area contributed by atoms with E-state index in [-0.39, 0.29) is 0 Å². The smallest absolute Gasteiger partial charge is 0.0360 e. The Labute approximate surface area is 156 Å². The minimum Gasteiger partial charge on any atom is -0.378 e. The molecule has 25 heavy (non-hydrogen) atoms. The van der Waals surface area contributed by atoms with Crippen LogP contribution in [0.1, 0.15) is 41.5 Å². The summed E-state index contributed by atoms with van der Waals surface area (Å²) in [6, 6.07) is 27.0. The third-order valence-electron chi connectivity index (χ3n) is 2.93. The van der Waals surface area contributed by atoms with Crippen molar-refractivity contribution in [1.29, 1.82) is 0 Å². The van der Waals surface area contributed by atoms with Crippen molar-refractivity contribution in [2.75, 3.05) is 19.0 Å². The van der Waals surface area contributed by atoms with E-state index in [0.29, 0.717) is 0 Å². The predicted molar refractivity (Wildman–Crippen MR) is 119 cm³/mol. The molecule has 1 heteroatoms. The highest BCUT2D eigenvalue weighted by Gasteiger charge is 1.87. The summed E-state index contributed by atoms with van der Waals surface area (Å²) < 4.78 is 0. The van der Waals surface area contributed by atoms with E-state index in [1.54, 1.807) is 0 Å². The lowest BCUT2D eigenvalue weighted by molar-refractivity contribution is 1.13. The standard InChI is InChI=1S/C10H8.C8H11N.3C2H6/c1-2-6-10-8-4-3-7-9(10)5-1;1-9(2)8-6-4-3-5-7-8;3*1-2/h1-8H;3-7H,1-2H3;3*1-2H3. The molecule has 3 aromatic rings. The zero-order valence-electron chi connectivity index (χ0n) is 17.5. The van der Waals surface area contributed by atoms with Gasteiger partial charge < -0.3 is 4.90 Å². The van der Waals surface area contributed by atoms with Gasteiger partial charge in [-0.15, -0.1) is 0 Å². The van der Waals surface area contributed by atoms with E-state index in [0.717, 1.165) is 0 Å². The second kappa shape index (κ2) is 18.1. The second-order valence-electron chi connectivity index (χ2n) is 4.58. The molecule has 0 aliphatic heterocycles. The highest BCUT2D eigenvalue weighted by Crippen LogP contribution is 2.11. The Morgan fingerprint density at radius 1 is 0.440 bits per heavy atom. The van der Waals surface area contributed by atoms with Gasteiger partial charge >= 0.3 is 0 Å². The van der Waals surface area contributed by atoms with Crippen LogP contribution in [0.15, 0.2) is 78.9 Å². The molecule has 0 saturated heterocycles. The van der Waals surface area contributed by atoms with Crippen LogP contribution in [-0.4, -0.2) is 14.1 Å². The number of benzene rings is 3. The second-order valence-corrected chi connectivity index (χ2v) is 4.58. The lowest BCUT2D eigenvalue weighted by Crippen LogP contribution is -2.07. The fraction of sp³-hybridized carbons (Fsp3) is 0.333. The van der Waals surface area contributed by atoms with E-state index in [1.165, 1.54) is 16.5 Å². The van der Waals surface area contributed by atoms with Gasteiger partial charge in [-0.2, -0.15) is 0 Å². The van der Waals surface area contributed by atoms with Gasteiger partial charge in [0.2, 0.25) is 0 Å². The normalized spacial score (nSPS) is 8.00. The van der Waals surface area contributed by atoms with Gasteiger partial charge in [0.15, 0.2) is 0 Å². The Hall–Kier alpha value is -2.28. The quantitative estimate of drug-likeness (QED) is 0.439. The number of hydrogen-bond acceptors (Lipinski definition) is 1. The Morgan fingerprint density at radius 2 is 0.720 bits per heavy atom. The minimum atomic E-state index is 1.25. The summed E-state index contributed by atoms with van der Waals surface area (Å²) in [7, 11) is 4.07. The third kappa shape index (κ3) is 11.0. The van der Waals surface area contributed by atoms with Gasteiger partial charge in [0.25, 0.3) is 0 Å². The summed E-state index contributed by atoms with van der Waals surface area (Å²) in [5, 5.41) is 2.62. The zero-order chi connectivity index (χ0) is 19.5. The van der Waals surface area contributed by atoms with Gasteiger partial charge in [-0.1, -0.05) is 108 Å². The Balaban J connectivity index is 0. The van der Waals surface area contributed by atoms with Crippen LogP contribution in [-0.2, 0) is 0 Å². The average molecular weight is 340 g/mol. The molecular weight excluding hydrogens is 302 g/mol. The van der Waals surface area contributed by atoms with Crippen LogP contribution in [0.2, 0.25) is 0 Å². The fourth-order valence-electron chi connectivity index (χ4n) is 1.86. The number of nitrogens with zero attached hydrogens (tertiary/aromatic N) is 1. The van der Waals surface area contributed by atoms with Gasteiger partial charge in [0.1, 0.15) is 0 Å². The molecule has 1 nitrogen and oxygen atoms in total. The Kier molecular flexibility index (Phi) is 18.0. The van der Waals surface area contributed by atoms with Crippen molar-refractivity contribution >= 4 is 16.5 Å². The number of fused-ring (bicyclic) bond motifs is 1. The van der Waals surface area contributed by atoms with E-state index in [1.807, 2.05) is 73.8 Å². The lowest BCUT2D eigenvalue weighted by Gasteiger charge is -2.10. The van der Waals surface area contributed by atoms with E-state index < -0.39 is 0 Å². The van der Waals surface area contributed by atoms with Crippen molar-refractivity contribution in [2.24, 2.45) is 0 Å². The number of rotatable bonds is 1. The summed E-state index contributed by atoms with van der Waals surface area (Å²) in [5.41, 5.74) is 1.25. The van der Waals surface area contributed by atoms with Crippen LogP contribution < -0.4 is 4.90 Å². The highest BCUT2D eigenvalue weighted by atomic mass is 15.1. The monoisotopic (exact) mass is 339 g/mol. The van der Waals surface area contributed by atoms with Crippen molar-refractivity contribution in [1.82, 2.24) is 0 Å². The predicted octanol–water partition coefficient (Wildman–Crippen LogP) is 7.67. The summed E-state index contributed by atoms with van der Waals surface area (Å²) >= 11 is 0. The Bertz CT molecular complexity index is 550. The zero-order valence-corrected chi connectivity index (χ0v) is 17.5. The number of hydrogen-bond donors (Lipinski definition) is 0. The largest absolute Gasteiger partial charge is 0.378 e. The van der Waals surface area contributed by atoms with E-state index in [4.69, 9.17) is 0 Å². The summed E-state index contributed by atoms with van der Waals surface area (Å²) in [5.74, 6) is 0. The summed E-state index contributed by atoms with van der Waals surface area (Å²) in [6.07, 6.45) is 0. The molecule has 0 spiro atoms. The molecule has 3 aromatic carbocycles. The maximum absolute atomic E-state index is 2.12. The topological polar surface area (TPSA) is 3.24 Å². The van der Waals surface area contributed by atoms with Crippen LogP contribution in [0.3, 0.4) is 0 Å². The maximum Gasteiger partial charge on any atom is 0.0360 e. The summed E-state index contributed by atoms with van der Waals surface area (Å²) in [6.45, 7) is 12.0. The molecule has 0 unspecified atom stereocenters. The third-order valence-corrected chi connectivity index (χ3v) is 2.93. The average Bonchev–Trinajstić information content (AvgIpc) is 2.74. The van der Waals surface area contributed by atoms with Gasteiger partial charge in [-0.05, 0) is 22.9 Å². The van der Waals surface area contributed by atoms with Crippen molar-refractivity contribution in [3.8, 4) is 0 Å². The molecule has 0 aliphatic carbocycles. The molecule has 0 amide bonds. The van der Waals surface area contributed by atoms with Crippen molar-refractivity contribution in [2.45, 2.75) is 41.5 Å². The molecule has 0 atom stereocenters. The molecule has 138 valence electrons. The molecule has 0 aromatic heterocycles. The highest BCUT2D eigenvalue weighted by molar-refractivity contribution is 5.81. The SMILES string of the molecule is CC.CC.CC.CN(C)c1ccccc1.c1ccc2ccccc2c1. The first kappa shape index (κ1) is 25.0. The first-order valence-corrected chi connectivity index (χ1v) is 9.43. The first-order valence-electron chi connectivity index (χ1n) is 9.43. The molecule has 0 radical (unpaired) electrons. The first-order chi connectivity index (χ1) is 12.3. The van der Waals surface area contributed by atoms with E-state index in [9.17, 15) is 0 Å². The van der Waals surface area contributed by atoms with E-state index in [2.05, 4.69) is 65.6 Å². The van der Waals surface area contributed by atoms with Gasteiger partial charge in [-0.3, -0.25) is 0 Å². The summed E-state index contributed by atoms with van der Waals surface area (Å²) in [4.78, 5) is 2.08. The van der Waals surface area contributed by atoms with Crippen molar-refractivity contribution in [3.05, 3.63) is 78.9 Å². The van der Waals surface area contributed by atoms with Gasteiger partial charge in [0.05, 0.1) is 0 Å². The Morgan fingerprint density at radius 3 is 0.960 bits per heavy atom. The molecule has 0 fully saturated rings. The molecule has 0 saturated carbocycles. The number of para-hydroxylation sites is 1. The van der Waals surface area contributed by atoms with Crippen molar-refractivity contribution < 1.29 is 0 Å². The molecule has 0 bridgehead atoms. The van der Waals surface area contributed by atoms with Gasteiger partial charge in [-0.25, -0.2) is 0 Å². The molecular formula is C24H37N. The maximum atomic E-state index is 2.12. The molecule has 0 N–H and O–H groups in total. The fourth-order valence-corrected chi connectivity index (χ4v) is 1.86. The van der Waals surface area contributed by atoms with Gasteiger partial charge in [0, 0.05) is 19.8 Å². The van der Waals surface area contributed by atoms with E-state index >= 15 is 0 Å². The lowest BCUT2D eigenvalue weighted by atomic mass is 10.1.